The average Bonchev–Trinajstić information content (AvgIpc) is 2.62. The minimum absolute atomic E-state index is 0.0500. The van der Waals surface area contributed by atoms with Gasteiger partial charge in [-0.05, 0) is 38.2 Å². The topological polar surface area (TPSA) is 94.8 Å². The summed E-state index contributed by atoms with van der Waals surface area (Å²) < 4.78 is 10.3. The molecule has 0 aromatic carbocycles. The van der Waals surface area contributed by atoms with Gasteiger partial charge in [-0.1, -0.05) is 6.42 Å². The van der Waals surface area contributed by atoms with Crippen LogP contribution in [0.5, 0.6) is 0 Å². The van der Waals surface area contributed by atoms with Gasteiger partial charge in [0.25, 0.3) is 0 Å². The van der Waals surface area contributed by atoms with Crippen LogP contribution in [0.25, 0.3) is 0 Å². The lowest BCUT2D eigenvalue weighted by atomic mass is 9.65. The van der Waals surface area contributed by atoms with Crippen LogP contribution in [0.15, 0.2) is 12.3 Å². The number of hydrogen-bond acceptors (Lipinski definition) is 7. The van der Waals surface area contributed by atoms with E-state index in [-0.39, 0.29) is 17.7 Å². The molecule has 0 N–H and O–H groups in total. The van der Waals surface area contributed by atoms with Crippen molar-refractivity contribution in [2.75, 3.05) is 31.8 Å². The van der Waals surface area contributed by atoms with E-state index >= 15 is 0 Å². The van der Waals surface area contributed by atoms with Crippen molar-refractivity contribution in [3.8, 4) is 0 Å². The lowest BCUT2D eigenvalue weighted by molar-refractivity contribution is -0.384. The SMILES string of the molecule is CCN(c1ncc(C2(C(=O)OC)CCC2)cc1[N+](=O)[O-])C1CCOCC1. The number of nitro groups is 1. The molecule has 2 fully saturated rings. The predicted molar refractivity (Wildman–Crippen MR) is 95.3 cm³/mol. The van der Waals surface area contributed by atoms with E-state index in [2.05, 4.69) is 4.98 Å². The molecule has 1 aromatic heterocycles. The first-order valence-electron chi connectivity index (χ1n) is 9.11. The maximum atomic E-state index is 12.3. The molecule has 8 heteroatoms. The number of carbonyl (C=O) groups excluding carboxylic acids is 1. The first kappa shape index (κ1) is 18.6. The number of ether oxygens (including phenoxy) is 2. The molecule has 26 heavy (non-hydrogen) atoms. The Balaban J connectivity index is 1.99. The highest BCUT2D eigenvalue weighted by molar-refractivity contribution is 5.84. The van der Waals surface area contributed by atoms with Crippen LogP contribution in [0, 0.1) is 10.1 Å². The molecule has 0 bridgehead atoms. The fraction of sp³-hybridized carbons (Fsp3) is 0.667. The van der Waals surface area contributed by atoms with Gasteiger partial charge in [-0.15, -0.1) is 0 Å². The van der Waals surface area contributed by atoms with Gasteiger partial charge in [0, 0.05) is 38.1 Å². The molecule has 1 saturated carbocycles. The number of methoxy groups -OCH3 is 1. The van der Waals surface area contributed by atoms with Crippen molar-refractivity contribution in [3.63, 3.8) is 0 Å². The Morgan fingerprint density at radius 1 is 1.46 bits per heavy atom. The summed E-state index contributed by atoms with van der Waals surface area (Å²) in [6, 6.07) is 1.68. The van der Waals surface area contributed by atoms with Crippen LogP contribution in [-0.4, -0.2) is 48.8 Å². The monoisotopic (exact) mass is 363 g/mol. The summed E-state index contributed by atoms with van der Waals surface area (Å²) >= 11 is 0. The van der Waals surface area contributed by atoms with Gasteiger partial charge in [0.05, 0.1) is 17.4 Å². The molecule has 8 nitrogen and oxygen atoms in total. The second kappa shape index (κ2) is 7.57. The molecule has 1 saturated heterocycles. The Morgan fingerprint density at radius 2 is 2.15 bits per heavy atom. The summed E-state index contributed by atoms with van der Waals surface area (Å²) in [6.07, 6.45) is 5.42. The zero-order valence-electron chi connectivity index (χ0n) is 15.3. The Bertz CT molecular complexity index is 683. The van der Waals surface area contributed by atoms with Crippen LogP contribution in [0.4, 0.5) is 11.5 Å². The van der Waals surface area contributed by atoms with E-state index in [1.165, 1.54) is 13.2 Å². The van der Waals surface area contributed by atoms with E-state index in [4.69, 9.17) is 9.47 Å². The molecule has 1 aliphatic carbocycles. The van der Waals surface area contributed by atoms with E-state index in [1.54, 1.807) is 6.20 Å². The molecule has 3 rings (SSSR count). The third kappa shape index (κ3) is 3.13. The highest BCUT2D eigenvalue weighted by Crippen LogP contribution is 2.46. The molecule has 142 valence electrons. The van der Waals surface area contributed by atoms with Gasteiger partial charge >= 0.3 is 11.7 Å². The lowest BCUT2D eigenvalue weighted by Crippen LogP contribution is -2.44. The third-order valence-corrected chi connectivity index (χ3v) is 5.62. The number of hydrogen-bond donors (Lipinski definition) is 0. The molecule has 0 amide bonds. The molecule has 0 atom stereocenters. The molecule has 1 aromatic rings. The fourth-order valence-electron chi connectivity index (χ4n) is 3.98. The summed E-state index contributed by atoms with van der Waals surface area (Å²) in [5.41, 5.74) is -0.263. The van der Waals surface area contributed by atoms with Gasteiger partial charge in [0.2, 0.25) is 5.82 Å². The molecular weight excluding hydrogens is 338 g/mol. The molecule has 0 radical (unpaired) electrons. The van der Waals surface area contributed by atoms with E-state index < -0.39 is 10.3 Å². The highest BCUT2D eigenvalue weighted by Gasteiger charge is 2.48. The van der Waals surface area contributed by atoms with Gasteiger partial charge in [-0.3, -0.25) is 14.9 Å². The molecule has 1 aliphatic heterocycles. The highest BCUT2D eigenvalue weighted by atomic mass is 16.6. The molecule has 2 aliphatic rings. The molecule has 0 unspecified atom stereocenters. The quantitative estimate of drug-likeness (QED) is 0.435. The van der Waals surface area contributed by atoms with Crippen LogP contribution in [0.3, 0.4) is 0 Å². The van der Waals surface area contributed by atoms with E-state index in [9.17, 15) is 14.9 Å². The van der Waals surface area contributed by atoms with Gasteiger partial charge in [-0.2, -0.15) is 0 Å². The van der Waals surface area contributed by atoms with Crippen LogP contribution < -0.4 is 4.90 Å². The van der Waals surface area contributed by atoms with Crippen molar-refractivity contribution in [1.82, 2.24) is 4.98 Å². The van der Waals surface area contributed by atoms with Crippen molar-refractivity contribution in [1.29, 1.82) is 0 Å². The maximum Gasteiger partial charge on any atom is 0.316 e. The molecular formula is C18H25N3O5. The largest absolute Gasteiger partial charge is 0.468 e. The Hall–Kier alpha value is -2.22. The Morgan fingerprint density at radius 3 is 2.65 bits per heavy atom. The van der Waals surface area contributed by atoms with Gasteiger partial charge in [-0.25, -0.2) is 4.98 Å². The summed E-state index contributed by atoms with van der Waals surface area (Å²) in [5.74, 6) is 0.0249. The Kier molecular flexibility index (Phi) is 5.41. The second-order valence-corrected chi connectivity index (χ2v) is 6.88. The van der Waals surface area contributed by atoms with Crippen LogP contribution in [-0.2, 0) is 19.7 Å². The fourth-order valence-corrected chi connectivity index (χ4v) is 3.98. The number of aromatic nitrogens is 1. The Labute approximate surface area is 152 Å². The lowest BCUT2D eigenvalue weighted by Gasteiger charge is -2.39. The second-order valence-electron chi connectivity index (χ2n) is 6.88. The maximum absolute atomic E-state index is 12.3. The van der Waals surface area contributed by atoms with Crippen LogP contribution in [0.2, 0.25) is 0 Å². The number of pyridine rings is 1. The molecule has 0 spiro atoms. The van der Waals surface area contributed by atoms with Crippen molar-refractivity contribution in [3.05, 3.63) is 27.9 Å². The number of carbonyl (C=O) groups is 1. The van der Waals surface area contributed by atoms with Crippen LogP contribution in [0.1, 0.15) is 44.6 Å². The average molecular weight is 363 g/mol. The minimum Gasteiger partial charge on any atom is -0.468 e. The summed E-state index contributed by atoms with van der Waals surface area (Å²) in [4.78, 5) is 30.0. The van der Waals surface area contributed by atoms with Crippen molar-refractivity contribution in [2.24, 2.45) is 0 Å². The first-order chi connectivity index (χ1) is 12.5. The van der Waals surface area contributed by atoms with E-state index in [1.807, 2.05) is 11.8 Å². The third-order valence-electron chi connectivity index (χ3n) is 5.62. The number of rotatable bonds is 6. The summed E-state index contributed by atoms with van der Waals surface area (Å²) in [6.45, 7) is 3.90. The van der Waals surface area contributed by atoms with Gasteiger partial charge < -0.3 is 14.4 Å². The normalized spacial score (nSPS) is 19.5. The van der Waals surface area contributed by atoms with Crippen molar-refractivity contribution in [2.45, 2.75) is 50.5 Å². The first-order valence-corrected chi connectivity index (χ1v) is 9.11. The minimum atomic E-state index is -0.791. The van der Waals surface area contributed by atoms with Crippen molar-refractivity contribution >= 4 is 17.5 Å². The standard InChI is InChI=1S/C18H25N3O5/c1-3-20(14-5-9-26-10-6-14)16-15(21(23)24)11-13(12-19-16)18(7-4-8-18)17(22)25-2/h11-12,14H,3-10H2,1-2H3. The van der Waals surface area contributed by atoms with Gasteiger partial charge in [0.15, 0.2) is 0 Å². The van der Waals surface area contributed by atoms with Crippen molar-refractivity contribution < 1.29 is 19.2 Å². The summed E-state index contributed by atoms with van der Waals surface area (Å²) in [7, 11) is 1.35. The summed E-state index contributed by atoms with van der Waals surface area (Å²) in [5, 5.41) is 11.7. The number of esters is 1. The van der Waals surface area contributed by atoms with Gasteiger partial charge in [0.1, 0.15) is 0 Å². The van der Waals surface area contributed by atoms with Crippen LogP contribution >= 0.6 is 0 Å². The van der Waals surface area contributed by atoms with E-state index in [0.717, 1.165) is 19.3 Å². The zero-order chi connectivity index (χ0) is 18.7. The zero-order valence-corrected chi connectivity index (χ0v) is 15.3. The number of anilines is 1. The molecule has 2 heterocycles. The van der Waals surface area contributed by atoms with E-state index in [0.29, 0.717) is 44.0 Å². The predicted octanol–water partition coefficient (Wildman–Crippen LogP) is 2.59. The smallest absolute Gasteiger partial charge is 0.316 e. The number of nitrogens with zero attached hydrogens (tertiary/aromatic N) is 3.